The van der Waals surface area contributed by atoms with E-state index in [0.717, 1.165) is 11.3 Å². The number of carbonyl (C=O) groups excluding carboxylic acids is 4. The quantitative estimate of drug-likeness (QED) is 0.809. The summed E-state index contributed by atoms with van der Waals surface area (Å²) < 4.78 is 0. The highest BCUT2D eigenvalue weighted by molar-refractivity contribution is 6.04. The number of anilines is 2. The molecule has 0 aliphatic carbocycles. The minimum absolute atomic E-state index is 0.0748. The van der Waals surface area contributed by atoms with E-state index in [4.69, 9.17) is 0 Å². The molecule has 0 spiro atoms. The average molecular weight is 379 g/mol. The maximum atomic E-state index is 12.4. The van der Waals surface area contributed by atoms with Crippen LogP contribution in [0.1, 0.15) is 35.7 Å². The number of benzene rings is 2. The molecular weight excluding hydrogens is 358 g/mol. The van der Waals surface area contributed by atoms with E-state index >= 15 is 0 Å². The Balaban J connectivity index is 1.62. The first-order valence-electron chi connectivity index (χ1n) is 8.93. The van der Waals surface area contributed by atoms with Gasteiger partial charge >= 0.3 is 0 Å². The number of nitrogens with zero attached hydrogens (tertiary/aromatic N) is 2. The Labute approximate surface area is 162 Å². The van der Waals surface area contributed by atoms with Crippen molar-refractivity contribution in [1.82, 2.24) is 4.90 Å². The molecule has 144 valence electrons. The van der Waals surface area contributed by atoms with Crippen LogP contribution in [0.3, 0.4) is 0 Å². The number of imide groups is 1. The second kappa shape index (κ2) is 8.04. The minimum Gasteiger partial charge on any atom is -0.322 e. The summed E-state index contributed by atoms with van der Waals surface area (Å²) in [6, 6.07) is 13.8. The summed E-state index contributed by atoms with van der Waals surface area (Å²) in [5.74, 6) is -0.668. The van der Waals surface area contributed by atoms with E-state index in [-0.39, 0.29) is 43.0 Å². The molecule has 2 aromatic rings. The first-order chi connectivity index (χ1) is 13.3. The Bertz CT molecular complexity index is 904. The molecule has 7 heteroatoms. The molecule has 1 aliphatic heterocycles. The highest BCUT2D eigenvalue weighted by Crippen LogP contribution is 2.19. The smallest absolute Gasteiger partial charge is 0.255 e. The molecule has 1 heterocycles. The standard InChI is InChI=1S/C21H21N3O4/c1-14(25)23(2)18-9-7-17(8-10-18)22-21(28)16-5-3-15(4-6-16)13-24-19(26)11-12-20(24)27/h3-10H,11-13H2,1-2H3,(H,22,28). The zero-order valence-electron chi connectivity index (χ0n) is 15.8. The van der Waals surface area contributed by atoms with Crippen molar-refractivity contribution < 1.29 is 19.2 Å². The molecule has 1 fully saturated rings. The second-order valence-corrected chi connectivity index (χ2v) is 6.65. The van der Waals surface area contributed by atoms with E-state index < -0.39 is 0 Å². The molecule has 0 atom stereocenters. The fraction of sp³-hybridized carbons (Fsp3) is 0.238. The first-order valence-corrected chi connectivity index (χ1v) is 8.93. The van der Waals surface area contributed by atoms with Crippen LogP contribution in [-0.4, -0.2) is 35.6 Å². The third-order valence-corrected chi connectivity index (χ3v) is 4.70. The zero-order valence-corrected chi connectivity index (χ0v) is 15.8. The maximum Gasteiger partial charge on any atom is 0.255 e. The molecule has 0 saturated carbocycles. The lowest BCUT2D eigenvalue weighted by atomic mass is 10.1. The lowest BCUT2D eigenvalue weighted by molar-refractivity contribution is -0.139. The van der Waals surface area contributed by atoms with Gasteiger partial charge in [0.1, 0.15) is 0 Å². The molecule has 4 amide bonds. The van der Waals surface area contributed by atoms with Crippen LogP contribution in [0.5, 0.6) is 0 Å². The molecule has 1 N–H and O–H groups in total. The molecular formula is C21H21N3O4. The Kier molecular flexibility index (Phi) is 5.54. The number of likely N-dealkylation sites (tertiary alicyclic amines) is 1. The molecule has 28 heavy (non-hydrogen) atoms. The Hall–Kier alpha value is -3.48. The first kappa shape index (κ1) is 19.3. The molecule has 2 aromatic carbocycles. The van der Waals surface area contributed by atoms with Crippen LogP contribution in [0.15, 0.2) is 48.5 Å². The SMILES string of the molecule is CC(=O)N(C)c1ccc(NC(=O)c2ccc(CN3C(=O)CCC3=O)cc2)cc1. The van der Waals surface area contributed by atoms with Crippen molar-refractivity contribution in [2.24, 2.45) is 0 Å². The second-order valence-electron chi connectivity index (χ2n) is 6.65. The Morgan fingerprint density at radius 3 is 2.07 bits per heavy atom. The average Bonchev–Trinajstić information content (AvgIpc) is 3.00. The van der Waals surface area contributed by atoms with Crippen molar-refractivity contribution in [2.75, 3.05) is 17.3 Å². The predicted molar refractivity (Wildman–Crippen MR) is 105 cm³/mol. The monoisotopic (exact) mass is 379 g/mol. The molecule has 0 unspecified atom stereocenters. The summed E-state index contributed by atoms with van der Waals surface area (Å²) in [5.41, 5.74) is 2.61. The molecule has 7 nitrogen and oxygen atoms in total. The van der Waals surface area contributed by atoms with E-state index in [1.165, 1.54) is 16.7 Å². The van der Waals surface area contributed by atoms with E-state index in [1.807, 2.05) is 0 Å². The van der Waals surface area contributed by atoms with Gasteiger partial charge < -0.3 is 10.2 Å². The van der Waals surface area contributed by atoms with Crippen LogP contribution in [0.2, 0.25) is 0 Å². The largest absolute Gasteiger partial charge is 0.322 e. The van der Waals surface area contributed by atoms with Crippen LogP contribution < -0.4 is 10.2 Å². The van der Waals surface area contributed by atoms with Crippen molar-refractivity contribution in [3.8, 4) is 0 Å². The third-order valence-electron chi connectivity index (χ3n) is 4.70. The predicted octanol–water partition coefficient (Wildman–Crippen LogP) is 2.57. The number of carbonyl (C=O) groups is 4. The molecule has 0 aromatic heterocycles. The minimum atomic E-state index is -0.271. The summed E-state index contributed by atoms with van der Waals surface area (Å²) in [7, 11) is 1.68. The van der Waals surface area contributed by atoms with Gasteiger partial charge in [0.15, 0.2) is 0 Å². The fourth-order valence-electron chi connectivity index (χ4n) is 2.90. The van der Waals surface area contributed by atoms with Gasteiger partial charge in [0.05, 0.1) is 6.54 Å². The number of hydrogen-bond donors (Lipinski definition) is 1. The van der Waals surface area contributed by atoms with Gasteiger partial charge in [0.25, 0.3) is 5.91 Å². The summed E-state index contributed by atoms with van der Waals surface area (Å²) in [6.07, 6.45) is 0.528. The van der Waals surface area contributed by atoms with Crippen LogP contribution in [0.25, 0.3) is 0 Å². The summed E-state index contributed by atoms with van der Waals surface area (Å²) in [5, 5.41) is 2.80. The van der Waals surface area contributed by atoms with Crippen molar-refractivity contribution in [3.05, 3.63) is 59.7 Å². The third kappa shape index (κ3) is 4.25. The van der Waals surface area contributed by atoms with Gasteiger partial charge in [0, 0.05) is 43.8 Å². The topological polar surface area (TPSA) is 86.8 Å². The number of amides is 4. The highest BCUT2D eigenvalue weighted by atomic mass is 16.2. The number of hydrogen-bond acceptors (Lipinski definition) is 4. The summed E-state index contributed by atoms with van der Waals surface area (Å²) in [6.45, 7) is 1.71. The van der Waals surface area contributed by atoms with Gasteiger partial charge in [-0.05, 0) is 42.0 Å². The molecule has 1 aliphatic rings. The number of rotatable bonds is 5. The lowest BCUT2D eigenvalue weighted by Crippen LogP contribution is -2.28. The van der Waals surface area contributed by atoms with Crippen LogP contribution in [0.4, 0.5) is 11.4 Å². The van der Waals surface area contributed by atoms with Gasteiger partial charge in [-0.2, -0.15) is 0 Å². The zero-order chi connectivity index (χ0) is 20.3. The van der Waals surface area contributed by atoms with Gasteiger partial charge in [-0.25, -0.2) is 0 Å². The van der Waals surface area contributed by atoms with Crippen molar-refractivity contribution >= 4 is 35.0 Å². The summed E-state index contributed by atoms with van der Waals surface area (Å²) >= 11 is 0. The van der Waals surface area contributed by atoms with E-state index in [0.29, 0.717) is 11.3 Å². The van der Waals surface area contributed by atoms with Gasteiger partial charge in [-0.1, -0.05) is 12.1 Å². The van der Waals surface area contributed by atoms with Crippen molar-refractivity contribution in [2.45, 2.75) is 26.3 Å². The normalized spacial score (nSPS) is 13.6. The van der Waals surface area contributed by atoms with E-state index in [9.17, 15) is 19.2 Å². The Morgan fingerprint density at radius 2 is 1.54 bits per heavy atom. The fourth-order valence-corrected chi connectivity index (χ4v) is 2.90. The van der Waals surface area contributed by atoms with Gasteiger partial charge in [-0.3, -0.25) is 24.1 Å². The van der Waals surface area contributed by atoms with Gasteiger partial charge in [-0.15, -0.1) is 0 Å². The number of nitrogens with one attached hydrogen (secondary N) is 1. The molecule has 1 saturated heterocycles. The lowest BCUT2D eigenvalue weighted by Gasteiger charge is -2.15. The molecule has 3 rings (SSSR count). The molecule has 0 bridgehead atoms. The van der Waals surface area contributed by atoms with E-state index in [1.54, 1.807) is 55.6 Å². The van der Waals surface area contributed by atoms with E-state index in [2.05, 4.69) is 5.32 Å². The molecule has 0 radical (unpaired) electrons. The van der Waals surface area contributed by atoms with Crippen LogP contribution in [0, 0.1) is 0 Å². The van der Waals surface area contributed by atoms with Crippen LogP contribution >= 0.6 is 0 Å². The maximum absolute atomic E-state index is 12.4. The van der Waals surface area contributed by atoms with Crippen LogP contribution in [-0.2, 0) is 20.9 Å². The summed E-state index contributed by atoms with van der Waals surface area (Å²) in [4.78, 5) is 49.9. The van der Waals surface area contributed by atoms with Crippen molar-refractivity contribution in [3.63, 3.8) is 0 Å². The van der Waals surface area contributed by atoms with Crippen molar-refractivity contribution in [1.29, 1.82) is 0 Å². The Morgan fingerprint density at radius 1 is 0.964 bits per heavy atom. The van der Waals surface area contributed by atoms with Gasteiger partial charge in [0.2, 0.25) is 17.7 Å². The highest BCUT2D eigenvalue weighted by Gasteiger charge is 2.28.